The molecular formula is C18H29IN4O2. The van der Waals surface area contributed by atoms with Crippen molar-refractivity contribution in [2.24, 2.45) is 4.99 Å². The molecule has 0 fully saturated rings. The smallest absolute Gasteiger partial charge is 0.191 e. The molecule has 0 aliphatic heterocycles. The number of benzene rings is 1. The monoisotopic (exact) mass is 460 g/mol. The van der Waals surface area contributed by atoms with E-state index in [1.54, 1.807) is 14.2 Å². The lowest BCUT2D eigenvalue weighted by atomic mass is 10.2. The van der Waals surface area contributed by atoms with Crippen LogP contribution in [0.3, 0.4) is 0 Å². The predicted molar refractivity (Wildman–Crippen MR) is 115 cm³/mol. The number of rotatable bonds is 8. The summed E-state index contributed by atoms with van der Waals surface area (Å²) in [5.41, 5.74) is 2.21. The highest BCUT2D eigenvalue weighted by molar-refractivity contribution is 14.0. The van der Waals surface area contributed by atoms with Crippen LogP contribution in [0.4, 0.5) is 0 Å². The van der Waals surface area contributed by atoms with Gasteiger partial charge in [0.25, 0.3) is 0 Å². The molecule has 0 atom stereocenters. The normalized spacial score (nSPS) is 10.1. The van der Waals surface area contributed by atoms with E-state index in [0.29, 0.717) is 0 Å². The van der Waals surface area contributed by atoms with Crippen molar-refractivity contribution in [3.05, 3.63) is 23.9 Å². The highest BCUT2D eigenvalue weighted by atomic mass is 127. The second-order valence-electron chi connectivity index (χ2n) is 5.48. The van der Waals surface area contributed by atoms with E-state index >= 15 is 0 Å². The summed E-state index contributed by atoms with van der Waals surface area (Å²) in [5, 5.41) is 7.55. The molecule has 1 aromatic heterocycles. The summed E-state index contributed by atoms with van der Waals surface area (Å²) in [4.78, 5) is 8.01. The Labute approximate surface area is 166 Å². The molecule has 6 nitrogen and oxygen atoms in total. The molecule has 3 N–H and O–H groups in total. The van der Waals surface area contributed by atoms with Gasteiger partial charge in [0.2, 0.25) is 0 Å². The minimum absolute atomic E-state index is 0. The molecule has 0 saturated carbocycles. The number of guanidine groups is 1. The number of aryl methyl sites for hydroxylation is 1. The molecule has 0 unspecified atom stereocenters. The third-order valence-electron chi connectivity index (χ3n) is 3.75. The molecule has 0 amide bonds. The Morgan fingerprint density at radius 1 is 1.08 bits per heavy atom. The first-order valence-electron chi connectivity index (χ1n) is 8.47. The van der Waals surface area contributed by atoms with Crippen LogP contribution in [0.2, 0.25) is 0 Å². The van der Waals surface area contributed by atoms with Crippen LogP contribution in [0.25, 0.3) is 10.9 Å². The highest BCUT2D eigenvalue weighted by Gasteiger charge is 2.09. The largest absolute Gasteiger partial charge is 0.497 e. The van der Waals surface area contributed by atoms with Crippen molar-refractivity contribution in [3.63, 3.8) is 0 Å². The Balaban J connectivity index is 0.00000312. The van der Waals surface area contributed by atoms with Gasteiger partial charge in [-0.1, -0.05) is 0 Å². The van der Waals surface area contributed by atoms with Gasteiger partial charge in [0.15, 0.2) is 5.96 Å². The van der Waals surface area contributed by atoms with E-state index in [4.69, 9.17) is 9.47 Å². The van der Waals surface area contributed by atoms with Crippen molar-refractivity contribution in [1.29, 1.82) is 0 Å². The average Bonchev–Trinajstić information content (AvgIpc) is 3.00. The molecule has 140 valence electrons. The summed E-state index contributed by atoms with van der Waals surface area (Å²) < 4.78 is 10.8. The number of aliphatic imine (C=N–C) groups is 1. The number of hydrogen-bond donors (Lipinski definition) is 3. The van der Waals surface area contributed by atoms with Gasteiger partial charge in [0, 0.05) is 42.8 Å². The molecule has 1 heterocycles. The van der Waals surface area contributed by atoms with Crippen LogP contribution in [-0.2, 0) is 6.42 Å². The maximum Gasteiger partial charge on any atom is 0.191 e. The number of hydrogen-bond acceptors (Lipinski definition) is 3. The first-order chi connectivity index (χ1) is 11.7. The molecule has 2 aromatic rings. The van der Waals surface area contributed by atoms with Crippen LogP contribution in [0, 0.1) is 0 Å². The molecule has 0 radical (unpaired) electrons. The van der Waals surface area contributed by atoms with E-state index < -0.39 is 0 Å². The second kappa shape index (κ2) is 11.1. The van der Waals surface area contributed by atoms with Crippen LogP contribution < -0.4 is 20.1 Å². The van der Waals surface area contributed by atoms with Gasteiger partial charge in [-0.3, -0.25) is 4.99 Å². The molecule has 0 saturated heterocycles. The summed E-state index contributed by atoms with van der Waals surface area (Å²) in [6, 6.07) is 6.05. The maximum absolute atomic E-state index is 5.46. The van der Waals surface area contributed by atoms with E-state index in [-0.39, 0.29) is 24.0 Å². The molecule has 0 spiro atoms. The van der Waals surface area contributed by atoms with E-state index in [1.165, 1.54) is 5.69 Å². The van der Waals surface area contributed by atoms with E-state index in [9.17, 15) is 0 Å². The topological polar surface area (TPSA) is 70.7 Å². The van der Waals surface area contributed by atoms with Crippen molar-refractivity contribution in [2.75, 3.05) is 33.9 Å². The molecular weight excluding hydrogens is 431 g/mol. The van der Waals surface area contributed by atoms with Gasteiger partial charge in [0.05, 0.1) is 19.7 Å². The number of aromatic amines is 1. The standard InChI is InChI=1S/C18H28N4O2.HI/c1-5-19-18(20-6-2)21-9-7-8-13-10-15-16(22-13)11-14(23-3)12-17(15)24-4;/h10-12,22H,5-9H2,1-4H3,(H2,19,20,21);1H. The van der Waals surface area contributed by atoms with Gasteiger partial charge in [0.1, 0.15) is 11.5 Å². The summed E-state index contributed by atoms with van der Waals surface area (Å²) in [5.74, 6) is 2.49. The van der Waals surface area contributed by atoms with E-state index in [1.807, 2.05) is 12.1 Å². The number of halogens is 1. The minimum atomic E-state index is 0. The number of aromatic nitrogens is 1. The summed E-state index contributed by atoms with van der Waals surface area (Å²) >= 11 is 0. The minimum Gasteiger partial charge on any atom is -0.497 e. The van der Waals surface area contributed by atoms with Gasteiger partial charge in [-0.2, -0.15) is 0 Å². The quantitative estimate of drug-likeness (QED) is 0.245. The lowest BCUT2D eigenvalue weighted by Crippen LogP contribution is -2.37. The van der Waals surface area contributed by atoms with Gasteiger partial charge >= 0.3 is 0 Å². The third-order valence-corrected chi connectivity index (χ3v) is 3.75. The lowest BCUT2D eigenvalue weighted by molar-refractivity contribution is 0.398. The summed E-state index contributed by atoms with van der Waals surface area (Å²) in [6.07, 6.45) is 1.92. The summed E-state index contributed by atoms with van der Waals surface area (Å²) in [6.45, 7) is 6.66. The van der Waals surface area contributed by atoms with Crippen molar-refractivity contribution in [2.45, 2.75) is 26.7 Å². The molecule has 2 rings (SSSR count). The molecule has 1 aromatic carbocycles. The summed E-state index contributed by atoms with van der Waals surface area (Å²) in [7, 11) is 3.34. The lowest BCUT2D eigenvalue weighted by Gasteiger charge is -2.08. The van der Waals surface area contributed by atoms with Crippen molar-refractivity contribution in [1.82, 2.24) is 15.6 Å². The Hall–Kier alpha value is -1.64. The third kappa shape index (κ3) is 5.98. The van der Waals surface area contributed by atoms with Crippen molar-refractivity contribution >= 4 is 40.8 Å². The van der Waals surface area contributed by atoms with E-state index in [0.717, 1.165) is 60.8 Å². The first-order valence-corrected chi connectivity index (χ1v) is 8.47. The maximum atomic E-state index is 5.46. The molecule has 0 aliphatic rings. The van der Waals surface area contributed by atoms with Crippen LogP contribution in [-0.4, -0.2) is 44.8 Å². The Morgan fingerprint density at radius 3 is 2.40 bits per heavy atom. The van der Waals surface area contributed by atoms with Crippen molar-refractivity contribution in [3.8, 4) is 11.5 Å². The Morgan fingerprint density at radius 2 is 1.80 bits per heavy atom. The zero-order chi connectivity index (χ0) is 17.4. The Kier molecular flexibility index (Phi) is 9.48. The number of H-pyrrole nitrogens is 1. The highest BCUT2D eigenvalue weighted by Crippen LogP contribution is 2.31. The van der Waals surface area contributed by atoms with Crippen LogP contribution >= 0.6 is 24.0 Å². The van der Waals surface area contributed by atoms with Gasteiger partial charge < -0.3 is 25.1 Å². The number of methoxy groups -OCH3 is 2. The molecule has 0 aliphatic carbocycles. The zero-order valence-corrected chi connectivity index (χ0v) is 17.8. The molecule has 25 heavy (non-hydrogen) atoms. The van der Waals surface area contributed by atoms with Crippen LogP contribution in [0.5, 0.6) is 11.5 Å². The zero-order valence-electron chi connectivity index (χ0n) is 15.4. The SMILES string of the molecule is CCNC(=NCCCc1cc2c(OC)cc(OC)cc2[nH]1)NCC.I. The molecule has 7 heteroatoms. The fraction of sp³-hybridized carbons (Fsp3) is 0.500. The average molecular weight is 460 g/mol. The Bertz CT molecular complexity index is 677. The first kappa shape index (κ1) is 21.4. The van der Waals surface area contributed by atoms with Crippen LogP contribution in [0.1, 0.15) is 26.0 Å². The number of nitrogens with one attached hydrogen (secondary N) is 3. The van der Waals surface area contributed by atoms with Gasteiger partial charge in [-0.05, 0) is 32.8 Å². The number of ether oxygens (including phenoxy) is 2. The predicted octanol–water partition coefficient (Wildman–Crippen LogP) is 3.31. The number of fused-ring (bicyclic) bond motifs is 1. The van der Waals surface area contributed by atoms with Gasteiger partial charge in [-0.25, -0.2) is 0 Å². The van der Waals surface area contributed by atoms with E-state index in [2.05, 4.69) is 40.5 Å². The molecule has 0 bridgehead atoms. The second-order valence-corrected chi connectivity index (χ2v) is 5.48. The van der Waals surface area contributed by atoms with Crippen molar-refractivity contribution < 1.29 is 9.47 Å². The van der Waals surface area contributed by atoms with Crippen LogP contribution in [0.15, 0.2) is 23.2 Å². The number of nitrogens with zero attached hydrogens (tertiary/aromatic N) is 1. The fourth-order valence-corrected chi connectivity index (χ4v) is 2.63. The fourth-order valence-electron chi connectivity index (χ4n) is 2.63. The van der Waals surface area contributed by atoms with Gasteiger partial charge in [-0.15, -0.1) is 24.0 Å².